The van der Waals surface area contributed by atoms with Crippen LogP contribution in [0.25, 0.3) is 0 Å². The molecular weight excluding hydrogens is 321 g/mol. The Morgan fingerprint density at radius 1 is 1.24 bits per heavy atom. The Balaban J connectivity index is 1.62. The van der Waals surface area contributed by atoms with Crippen LogP contribution in [-0.4, -0.2) is 38.2 Å². The van der Waals surface area contributed by atoms with Gasteiger partial charge in [0.15, 0.2) is 0 Å². The van der Waals surface area contributed by atoms with Crippen molar-refractivity contribution in [3.05, 3.63) is 59.4 Å². The molecule has 0 fully saturated rings. The van der Waals surface area contributed by atoms with Crippen LogP contribution in [0.4, 0.5) is 14.9 Å². The highest BCUT2D eigenvalue weighted by atomic mass is 19.1. The summed E-state index contributed by atoms with van der Waals surface area (Å²) in [5, 5.41) is 5.58. The maximum Gasteiger partial charge on any atom is 0.319 e. The summed E-state index contributed by atoms with van der Waals surface area (Å²) in [4.78, 5) is 14.2. The average molecular weight is 343 g/mol. The number of likely N-dealkylation sites (N-methyl/N-ethyl adjacent to an activating group) is 1. The zero-order valence-corrected chi connectivity index (χ0v) is 14.4. The second-order valence-electron chi connectivity index (χ2n) is 6.29. The topological polar surface area (TPSA) is 53.6 Å². The molecule has 0 aromatic heterocycles. The lowest BCUT2D eigenvalue weighted by Gasteiger charge is -2.25. The fourth-order valence-corrected chi connectivity index (χ4v) is 2.91. The quantitative estimate of drug-likeness (QED) is 0.877. The monoisotopic (exact) mass is 343 g/mol. The van der Waals surface area contributed by atoms with E-state index in [1.807, 2.05) is 26.2 Å². The van der Waals surface area contributed by atoms with Gasteiger partial charge in [0.25, 0.3) is 0 Å². The number of rotatable bonds is 5. The molecule has 2 aromatic carbocycles. The molecule has 1 aliphatic rings. The molecule has 0 radical (unpaired) electrons. The highest BCUT2D eigenvalue weighted by Crippen LogP contribution is 2.29. The zero-order chi connectivity index (χ0) is 17.8. The lowest BCUT2D eigenvalue weighted by molar-refractivity contribution is 0.243. The van der Waals surface area contributed by atoms with Crippen LogP contribution in [0.15, 0.2) is 42.5 Å². The van der Waals surface area contributed by atoms with Gasteiger partial charge in [0.2, 0.25) is 0 Å². The van der Waals surface area contributed by atoms with E-state index in [-0.39, 0.29) is 17.9 Å². The highest BCUT2D eigenvalue weighted by molar-refractivity contribution is 5.89. The molecule has 1 heterocycles. The van der Waals surface area contributed by atoms with Crippen LogP contribution in [0, 0.1) is 5.82 Å². The number of hydrogen-bond donors (Lipinski definition) is 2. The standard InChI is InChI=1S/C19H22FN3O2/c1-23(2)17(13-3-8-18-14(11-13)9-10-25-18)12-21-19(24)22-16-6-4-15(20)5-7-16/h3-8,11,17H,9-10,12H2,1-2H3,(H2,21,22,24)/t17-/m0/s1. The number of benzene rings is 2. The summed E-state index contributed by atoms with van der Waals surface area (Å²) in [5.41, 5.74) is 2.89. The summed E-state index contributed by atoms with van der Waals surface area (Å²) in [6.45, 7) is 1.18. The average Bonchev–Trinajstić information content (AvgIpc) is 3.04. The predicted octanol–water partition coefficient (Wildman–Crippen LogP) is 3.19. The van der Waals surface area contributed by atoms with Crippen molar-refractivity contribution in [1.29, 1.82) is 0 Å². The van der Waals surface area contributed by atoms with E-state index < -0.39 is 0 Å². The van der Waals surface area contributed by atoms with Gasteiger partial charge < -0.3 is 20.3 Å². The van der Waals surface area contributed by atoms with Crippen LogP contribution >= 0.6 is 0 Å². The molecule has 2 aromatic rings. The van der Waals surface area contributed by atoms with Crippen molar-refractivity contribution in [1.82, 2.24) is 10.2 Å². The summed E-state index contributed by atoms with van der Waals surface area (Å²) in [6.07, 6.45) is 0.918. The number of carbonyl (C=O) groups excluding carboxylic acids is 1. The summed E-state index contributed by atoms with van der Waals surface area (Å²) >= 11 is 0. The summed E-state index contributed by atoms with van der Waals surface area (Å²) in [6, 6.07) is 11.6. The van der Waals surface area contributed by atoms with Gasteiger partial charge in [0.05, 0.1) is 12.6 Å². The number of nitrogens with one attached hydrogen (secondary N) is 2. The Morgan fingerprint density at radius 2 is 2.00 bits per heavy atom. The number of urea groups is 1. The van der Waals surface area contributed by atoms with E-state index >= 15 is 0 Å². The van der Waals surface area contributed by atoms with E-state index in [2.05, 4.69) is 21.6 Å². The molecule has 6 heteroatoms. The minimum absolute atomic E-state index is 0.0462. The molecule has 132 valence electrons. The van der Waals surface area contributed by atoms with Crippen molar-refractivity contribution in [3.8, 4) is 5.75 Å². The molecule has 5 nitrogen and oxygen atoms in total. The van der Waals surface area contributed by atoms with E-state index in [0.717, 1.165) is 24.3 Å². The SMILES string of the molecule is CN(C)[C@@H](CNC(=O)Nc1ccc(F)cc1)c1ccc2c(c1)CCO2. The molecule has 1 aliphatic heterocycles. The number of halogens is 1. The number of anilines is 1. The third-order valence-electron chi connectivity index (χ3n) is 4.28. The van der Waals surface area contributed by atoms with E-state index in [9.17, 15) is 9.18 Å². The van der Waals surface area contributed by atoms with Gasteiger partial charge in [-0.15, -0.1) is 0 Å². The number of ether oxygens (including phenoxy) is 1. The van der Waals surface area contributed by atoms with Crippen LogP contribution in [-0.2, 0) is 6.42 Å². The number of amides is 2. The van der Waals surface area contributed by atoms with E-state index in [1.165, 1.54) is 29.8 Å². The third kappa shape index (κ3) is 4.28. The first kappa shape index (κ1) is 17.2. The number of nitrogens with zero attached hydrogens (tertiary/aromatic N) is 1. The molecule has 1 atom stereocenters. The molecule has 25 heavy (non-hydrogen) atoms. The molecule has 3 rings (SSSR count). The Kier molecular flexibility index (Phi) is 5.19. The number of fused-ring (bicyclic) bond motifs is 1. The summed E-state index contributed by atoms with van der Waals surface area (Å²) in [7, 11) is 3.96. The molecule has 0 bridgehead atoms. The maximum absolute atomic E-state index is 12.9. The number of carbonyl (C=O) groups is 1. The van der Waals surface area contributed by atoms with Crippen LogP contribution in [0.5, 0.6) is 5.75 Å². The van der Waals surface area contributed by atoms with Gasteiger partial charge in [0, 0.05) is 18.7 Å². The van der Waals surface area contributed by atoms with Gasteiger partial charge in [-0.05, 0) is 55.6 Å². The zero-order valence-electron chi connectivity index (χ0n) is 14.4. The highest BCUT2D eigenvalue weighted by Gasteiger charge is 2.19. The lowest BCUT2D eigenvalue weighted by atomic mass is 10.0. The third-order valence-corrected chi connectivity index (χ3v) is 4.28. The molecule has 0 saturated carbocycles. The predicted molar refractivity (Wildman–Crippen MR) is 95.5 cm³/mol. The second kappa shape index (κ2) is 7.53. The molecule has 0 spiro atoms. The maximum atomic E-state index is 12.9. The van der Waals surface area contributed by atoms with Crippen molar-refractivity contribution in [3.63, 3.8) is 0 Å². The van der Waals surface area contributed by atoms with Crippen LogP contribution in [0.3, 0.4) is 0 Å². The van der Waals surface area contributed by atoms with Gasteiger partial charge in [-0.1, -0.05) is 12.1 Å². The minimum atomic E-state index is -0.334. The molecular formula is C19H22FN3O2. The fourth-order valence-electron chi connectivity index (χ4n) is 2.91. The normalized spacial score (nSPS) is 13.9. The molecule has 2 amide bonds. The summed E-state index contributed by atoms with van der Waals surface area (Å²) in [5.74, 6) is 0.613. The fraction of sp³-hybridized carbons (Fsp3) is 0.316. The Labute approximate surface area is 146 Å². The molecule has 2 N–H and O–H groups in total. The molecule has 0 saturated heterocycles. The van der Waals surface area contributed by atoms with E-state index in [4.69, 9.17) is 4.74 Å². The van der Waals surface area contributed by atoms with Gasteiger partial charge >= 0.3 is 6.03 Å². The molecule has 0 unspecified atom stereocenters. The van der Waals surface area contributed by atoms with Crippen molar-refractivity contribution in [2.75, 3.05) is 32.6 Å². The van der Waals surface area contributed by atoms with Crippen molar-refractivity contribution < 1.29 is 13.9 Å². The second-order valence-corrected chi connectivity index (χ2v) is 6.29. The Morgan fingerprint density at radius 3 is 2.72 bits per heavy atom. The number of hydrogen-bond acceptors (Lipinski definition) is 3. The minimum Gasteiger partial charge on any atom is -0.493 e. The van der Waals surface area contributed by atoms with Crippen molar-refractivity contribution >= 4 is 11.7 Å². The summed E-state index contributed by atoms with van der Waals surface area (Å²) < 4.78 is 18.5. The van der Waals surface area contributed by atoms with Crippen molar-refractivity contribution in [2.45, 2.75) is 12.5 Å². The lowest BCUT2D eigenvalue weighted by Crippen LogP contribution is -2.36. The smallest absolute Gasteiger partial charge is 0.319 e. The van der Waals surface area contributed by atoms with Crippen LogP contribution in [0.2, 0.25) is 0 Å². The van der Waals surface area contributed by atoms with Crippen LogP contribution in [0.1, 0.15) is 17.2 Å². The van der Waals surface area contributed by atoms with E-state index in [1.54, 1.807) is 0 Å². The van der Waals surface area contributed by atoms with Crippen LogP contribution < -0.4 is 15.4 Å². The Hall–Kier alpha value is -2.60. The van der Waals surface area contributed by atoms with Gasteiger partial charge in [-0.2, -0.15) is 0 Å². The first-order valence-corrected chi connectivity index (χ1v) is 8.25. The molecule has 0 aliphatic carbocycles. The van der Waals surface area contributed by atoms with Crippen molar-refractivity contribution in [2.24, 2.45) is 0 Å². The first-order valence-electron chi connectivity index (χ1n) is 8.25. The van der Waals surface area contributed by atoms with E-state index in [0.29, 0.717) is 12.2 Å². The van der Waals surface area contributed by atoms with Gasteiger partial charge in [-0.3, -0.25) is 0 Å². The Bertz CT molecular complexity index is 747. The largest absolute Gasteiger partial charge is 0.493 e. The first-order chi connectivity index (χ1) is 12.0. The van der Waals surface area contributed by atoms with Gasteiger partial charge in [0.1, 0.15) is 11.6 Å². The van der Waals surface area contributed by atoms with Gasteiger partial charge in [-0.25, -0.2) is 9.18 Å².